The van der Waals surface area contributed by atoms with Crippen molar-refractivity contribution in [1.29, 1.82) is 0 Å². The minimum Gasteiger partial charge on any atom is -0.465 e. The summed E-state index contributed by atoms with van der Waals surface area (Å²) in [5, 5.41) is 3.28. The van der Waals surface area contributed by atoms with Gasteiger partial charge >= 0.3 is 0 Å². The molecule has 1 aliphatic heterocycles. The van der Waals surface area contributed by atoms with Gasteiger partial charge in [0.25, 0.3) is 0 Å². The first-order chi connectivity index (χ1) is 12.0. The summed E-state index contributed by atoms with van der Waals surface area (Å²) in [6.07, 6.45) is 1.89. The molecule has 0 aliphatic carbocycles. The number of furan rings is 1. The molecule has 3 rings (SSSR count). The summed E-state index contributed by atoms with van der Waals surface area (Å²) in [6.45, 7) is 4.23. The minimum absolute atomic E-state index is 0.0107. The van der Waals surface area contributed by atoms with Gasteiger partial charge in [-0.2, -0.15) is 0 Å². The van der Waals surface area contributed by atoms with Gasteiger partial charge in [0.05, 0.1) is 17.5 Å². The summed E-state index contributed by atoms with van der Waals surface area (Å²) in [4.78, 5) is 0.274. The van der Waals surface area contributed by atoms with E-state index in [9.17, 15) is 8.42 Å². The molecule has 0 radical (unpaired) electrons. The smallest absolute Gasteiger partial charge is 0.240 e. The van der Waals surface area contributed by atoms with Crippen LogP contribution in [0.3, 0.4) is 0 Å². The van der Waals surface area contributed by atoms with Crippen molar-refractivity contribution in [2.45, 2.75) is 43.9 Å². The van der Waals surface area contributed by atoms with E-state index in [1.54, 1.807) is 12.1 Å². The van der Waals surface area contributed by atoms with E-state index in [4.69, 9.17) is 9.15 Å². The number of ether oxygens (including phenoxy) is 1. The number of nitrogens with one attached hydrogen (secondary N) is 2. The molecule has 1 aliphatic rings. The average molecular weight is 364 g/mol. The first kappa shape index (κ1) is 18.1. The molecule has 0 amide bonds. The van der Waals surface area contributed by atoms with Crippen LogP contribution in [0, 0.1) is 6.92 Å². The Kier molecular flexibility index (Phi) is 5.90. The second kappa shape index (κ2) is 8.14. The van der Waals surface area contributed by atoms with Gasteiger partial charge in [-0.15, -0.1) is 0 Å². The number of aryl methyl sites for hydroxylation is 1. The summed E-state index contributed by atoms with van der Waals surface area (Å²) >= 11 is 0. The van der Waals surface area contributed by atoms with Crippen molar-refractivity contribution in [3.05, 3.63) is 53.5 Å². The van der Waals surface area contributed by atoms with Crippen molar-refractivity contribution in [3.8, 4) is 0 Å². The Hall–Kier alpha value is -1.67. The molecule has 2 N–H and O–H groups in total. The third-order valence-corrected chi connectivity index (χ3v) is 5.62. The Morgan fingerprint density at radius 1 is 1.12 bits per heavy atom. The maximum atomic E-state index is 12.3. The molecule has 0 spiro atoms. The quantitative estimate of drug-likeness (QED) is 0.751. The lowest BCUT2D eigenvalue weighted by molar-refractivity contribution is 0.114. The van der Waals surface area contributed by atoms with Gasteiger partial charge in [-0.1, -0.05) is 12.1 Å². The summed E-state index contributed by atoms with van der Waals surface area (Å²) in [5.41, 5.74) is 1.02. The maximum Gasteiger partial charge on any atom is 0.240 e. The molecule has 1 fully saturated rings. The second-order valence-electron chi connectivity index (χ2n) is 6.25. The van der Waals surface area contributed by atoms with Crippen molar-refractivity contribution >= 4 is 10.0 Å². The second-order valence-corrected chi connectivity index (χ2v) is 8.01. The van der Waals surface area contributed by atoms with Crippen LogP contribution in [-0.2, 0) is 27.8 Å². The Labute approximate surface area is 148 Å². The van der Waals surface area contributed by atoms with Crippen LogP contribution in [0.5, 0.6) is 0 Å². The van der Waals surface area contributed by atoms with Gasteiger partial charge in [-0.3, -0.25) is 0 Å². The van der Waals surface area contributed by atoms with E-state index in [0.29, 0.717) is 26.2 Å². The predicted molar refractivity (Wildman–Crippen MR) is 94.6 cm³/mol. The lowest BCUT2D eigenvalue weighted by atomic mass is 10.2. The lowest BCUT2D eigenvalue weighted by Crippen LogP contribution is -2.31. The predicted octanol–water partition coefficient (Wildman–Crippen LogP) is 2.34. The van der Waals surface area contributed by atoms with Crippen LogP contribution in [0.4, 0.5) is 0 Å². The molecule has 136 valence electrons. The Morgan fingerprint density at radius 3 is 2.56 bits per heavy atom. The van der Waals surface area contributed by atoms with Crippen LogP contribution in [0.15, 0.2) is 45.7 Å². The molecule has 1 saturated heterocycles. The topological polar surface area (TPSA) is 80.6 Å². The molecule has 1 aromatic carbocycles. The van der Waals surface area contributed by atoms with E-state index >= 15 is 0 Å². The van der Waals surface area contributed by atoms with Crippen LogP contribution in [-0.4, -0.2) is 27.7 Å². The first-order valence-electron chi connectivity index (χ1n) is 8.49. The number of rotatable bonds is 8. The standard InChI is InChI=1S/C18H24N2O4S/c1-14-4-7-17(24-14)12-19-11-15-5-8-18(9-6-15)25(21,22)20-13-16-3-2-10-23-16/h4-9,16,19-20H,2-3,10-13H2,1H3. The van der Waals surface area contributed by atoms with Gasteiger partial charge in [-0.25, -0.2) is 13.1 Å². The van der Waals surface area contributed by atoms with Crippen LogP contribution in [0.2, 0.25) is 0 Å². The number of sulfonamides is 1. The highest BCUT2D eigenvalue weighted by Crippen LogP contribution is 2.14. The lowest BCUT2D eigenvalue weighted by Gasteiger charge is -2.12. The minimum atomic E-state index is -3.49. The Balaban J connectivity index is 1.50. The molecular formula is C18H24N2O4S. The van der Waals surface area contributed by atoms with E-state index in [0.717, 1.165) is 29.9 Å². The van der Waals surface area contributed by atoms with E-state index < -0.39 is 10.0 Å². The number of benzene rings is 1. The fourth-order valence-electron chi connectivity index (χ4n) is 2.79. The molecule has 0 saturated carbocycles. The SMILES string of the molecule is Cc1ccc(CNCc2ccc(S(=O)(=O)NCC3CCCO3)cc2)o1. The summed E-state index contributed by atoms with van der Waals surface area (Å²) in [5.74, 6) is 1.77. The van der Waals surface area contributed by atoms with Crippen LogP contribution in [0.1, 0.15) is 29.9 Å². The third kappa shape index (κ3) is 5.15. The van der Waals surface area contributed by atoms with Crippen molar-refractivity contribution < 1.29 is 17.6 Å². The zero-order valence-corrected chi connectivity index (χ0v) is 15.1. The van der Waals surface area contributed by atoms with Crippen LogP contribution >= 0.6 is 0 Å². The molecule has 25 heavy (non-hydrogen) atoms. The summed E-state index contributed by atoms with van der Waals surface area (Å²) in [7, 11) is -3.49. The molecule has 7 heteroatoms. The molecule has 1 atom stereocenters. The van der Waals surface area contributed by atoms with Gasteiger partial charge in [0.1, 0.15) is 11.5 Å². The first-order valence-corrected chi connectivity index (χ1v) is 9.97. The van der Waals surface area contributed by atoms with Crippen molar-refractivity contribution in [3.63, 3.8) is 0 Å². The van der Waals surface area contributed by atoms with Crippen molar-refractivity contribution in [2.24, 2.45) is 0 Å². The molecule has 2 heterocycles. The van der Waals surface area contributed by atoms with E-state index in [2.05, 4.69) is 10.0 Å². The van der Waals surface area contributed by atoms with Crippen LogP contribution < -0.4 is 10.0 Å². The number of hydrogen-bond acceptors (Lipinski definition) is 5. The van der Waals surface area contributed by atoms with E-state index in [1.807, 2.05) is 31.2 Å². The van der Waals surface area contributed by atoms with Crippen LogP contribution in [0.25, 0.3) is 0 Å². The van der Waals surface area contributed by atoms with Gasteiger partial charge < -0.3 is 14.5 Å². The van der Waals surface area contributed by atoms with E-state index in [-0.39, 0.29) is 11.0 Å². The Morgan fingerprint density at radius 2 is 1.92 bits per heavy atom. The molecule has 0 bridgehead atoms. The summed E-state index contributed by atoms with van der Waals surface area (Å²) < 4.78 is 38.2. The van der Waals surface area contributed by atoms with Gasteiger partial charge in [-0.05, 0) is 49.6 Å². The average Bonchev–Trinajstić information content (AvgIpc) is 3.25. The fraction of sp³-hybridized carbons (Fsp3) is 0.444. The molecule has 1 aromatic heterocycles. The zero-order valence-electron chi connectivity index (χ0n) is 14.3. The molecular weight excluding hydrogens is 340 g/mol. The van der Waals surface area contributed by atoms with Crippen molar-refractivity contribution in [2.75, 3.05) is 13.2 Å². The highest BCUT2D eigenvalue weighted by Gasteiger charge is 2.20. The third-order valence-electron chi connectivity index (χ3n) is 4.18. The normalized spacial score (nSPS) is 17.9. The van der Waals surface area contributed by atoms with E-state index in [1.165, 1.54) is 0 Å². The fourth-order valence-corrected chi connectivity index (χ4v) is 3.85. The van der Waals surface area contributed by atoms with Crippen molar-refractivity contribution in [1.82, 2.24) is 10.0 Å². The zero-order chi connectivity index (χ0) is 17.7. The van der Waals surface area contributed by atoms with Gasteiger partial charge in [0.2, 0.25) is 10.0 Å². The largest absolute Gasteiger partial charge is 0.465 e. The molecule has 1 unspecified atom stereocenters. The molecule has 2 aromatic rings. The maximum absolute atomic E-state index is 12.3. The van der Waals surface area contributed by atoms with Gasteiger partial charge in [0, 0.05) is 19.7 Å². The highest BCUT2D eigenvalue weighted by molar-refractivity contribution is 7.89. The number of hydrogen-bond donors (Lipinski definition) is 2. The highest BCUT2D eigenvalue weighted by atomic mass is 32.2. The monoisotopic (exact) mass is 364 g/mol. The van der Waals surface area contributed by atoms with Gasteiger partial charge in [0.15, 0.2) is 0 Å². The summed E-state index contributed by atoms with van der Waals surface area (Å²) in [6, 6.07) is 10.8. The Bertz CT molecular complexity index is 778. The molecule has 6 nitrogen and oxygen atoms in total.